The number of hydrogen-bond acceptors (Lipinski definition) is 5. The van der Waals surface area contributed by atoms with Crippen molar-refractivity contribution in [3.63, 3.8) is 0 Å². The van der Waals surface area contributed by atoms with Crippen LogP contribution < -0.4 is 5.32 Å². The largest absolute Gasteiger partial charge is 0.460 e. The first-order valence-corrected chi connectivity index (χ1v) is 6.69. The lowest BCUT2D eigenvalue weighted by molar-refractivity contribution is 0.134. The Morgan fingerprint density at radius 3 is 2.90 bits per heavy atom. The van der Waals surface area contributed by atoms with E-state index in [1.54, 1.807) is 6.20 Å². The van der Waals surface area contributed by atoms with Crippen molar-refractivity contribution in [3.05, 3.63) is 29.7 Å². The average Bonchev–Trinajstić information content (AvgIpc) is 2.96. The van der Waals surface area contributed by atoms with Gasteiger partial charge in [0.05, 0.1) is 12.3 Å². The molecule has 0 aliphatic rings. The number of likely N-dealkylation sites (N-methyl/N-ethyl adjacent to an activating group) is 1. The zero-order valence-electron chi connectivity index (χ0n) is 12.2. The summed E-state index contributed by atoms with van der Waals surface area (Å²) in [6.45, 7) is 3.73. The second kappa shape index (κ2) is 6.69. The highest BCUT2D eigenvalue weighted by molar-refractivity contribution is 5.56. The van der Waals surface area contributed by atoms with Gasteiger partial charge in [0.25, 0.3) is 0 Å². The fraction of sp³-hybridized carbons (Fsp3) is 0.500. The molecule has 0 radical (unpaired) electrons. The molecule has 2 heterocycles. The maximum Gasteiger partial charge on any atom is 0.152 e. The topological polar surface area (TPSA) is 77.3 Å². The van der Waals surface area contributed by atoms with Crippen LogP contribution in [0.25, 0.3) is 11.5 Å². The van der Waals surface area contributed by atoms with E-state index < -0.39 is 0 Å². The summed E-state index contributed by atoms with van der Waals surface area (Å²) in [6, 6.07) is 3.85. The van der Waals surface area contributed by atoms with Crippen molar-refractivity contribution in [2.24, 2.45) is 0 Å². The van der Waals surface area contributed by atoms with Crippen LogP contribution in [0.1, 0.15) is 11.3 Å². The Bertz CT molecular complexity index is 533. The van der Waals surface area contributed by atoms with E-state index in [0.29, 0.717) is 19.6 Å². The van der Waals surface area contributed by atoms with Crippen molar-refractivity contribution >= 4 is 0 Å². The second-order valence-corrected chi connectivity index (χ2v) is 5.23. The molecule has 1 unspecified atom stereocenters. The van der Waals surface area contributed by atoms with Crippen LogP contribution in [0.5, 0.6) is 0 Å². The number of hydrogen-bond donors (Lipinski definition) is 3. The van der Waals surface area contributed by atoms with Crippen molar-refractivity contribution < 1.29 is 9.52 Å². The normalized spacial score (nSPS) is 13.1. The fourth-order valence-electron chi connectivity index (χ4n) is 2.09. The molecule has 0 fully saturated rings. The van der Waals surface area contributed by atoms with E-state index in [9.17, 15) is 5.11 Å². The van der Waals surface area contributed by atoms with Crippen molar-refractivity contribution in [2.45, 2.75) is 19.6 Å². The first-order valence-electron chi connectivity index (χ1n) is 6.69. The average molecular weight is 278 g/mol. The molecule has 0 saturated carbocycles. The number of aromatic nitrogens is 2. The fourth-order valence-corrected chi connectivity index (χ4v) is 2.09. The van der Waals surface area contributed by atoms with Gasteiger partial charge < -0.3 is 19.7 Å². The van der Waals surface area contributed by atoms with Crippen LogP contribution in [0.2, 0.25) is 0 Å². The molecular weight excluding hydrogens is 256 g/mol. The lowest BCUT2D eigenvalue weighted by Gasteiger charge is -2.16. The number of nitrogens with zero attached hydrogens (tertiary/aromatic N) is 2. The number of rotatable bonds is 7. The molecule has 0 bridgehead atoms. The Balaban J connectivity index is 1.90. The summed E-state index contributed by atoms with van der Waals surface area (Å²) in [5.41, 5.74) is 1.91. The van der Waals surface area contributed by atoms with Crippen LogP contribution in [0.3, 0.4) is 0 Å². The van der Waals surface area contributed by atoms with Gasteiger partial charge in [0, 0.05) is 25.2 Å². The number of H-pyrrole nitrogens is 1. The molecule has 0 amide bonds. The highest BCUT2D eigenvalue weighted by Crippen LogP contribution is 2.23. The molecule has 3 N–H and O–H groups in total. The molecular formula is C14H22N4O2. The maximum absolute atomic E-state index is 9.79. The predicted molar refractivity (Wildman–Crippen MR) is 77.3 cm³/mol. The molecule has 110 valence electrons. The summed E-state index contributed by atoms with van der Waals surface area (Å²) >= 11 is 0. The molecule has 6 nitrogen and oxygen atoms in total. The van der Waals surface area contributed by atoms with Gasteiger partial charge in [-0.1, -0.05) is 0 Å². The molecule has 2 rings (SSSR count). The van der Waals surface area contributed by atoms with Crippen LogP contribution in [0.15, 0.2) is 22.7 Å². The van der Waals surface area contributed by atoms with Crippen LogP contribution in [-0.4, -0.2) is 53.5 Å². The molecule has 20 heavy (non-hydrogen) atoms. The Kier molecular flexibility index (Phi) is 4.94. The monoisotopic (exact) mass is 278 g/mol. The minimum Gasteiger partial charge on any atom is -0.460 e. The minimum absolute atomic E-state index is 0.383. The van der Waals surface area contributed by atoms with E-state index in [1.807, 2.05) is 38.1 Å². The summed E-state index contributed by atoms with van der Waals surface area (Å²) in [6.07, 6.45) is 1.39. The van der Waals surface area contributed by atoms with E-state index in [4.69, 9.17) is 4.42 Å². The zero-order valence-corrected chi connectivity index (χ0v) is 12.2. The lowest BCUT2D eigenvalue weighted by Crippen LogP contribution is -2.34. The zero-order chi connectivity index (χ0) is 14.5. The molecule has 2 aromatic heterocycles. The Hall–Kier alpha value is -1.63. The van der Waals surface area contributed by atoms with Gasteiger partial charge in [-0.2, -0.15) is 5.10 Å². The summed E-state index contributed by atoms with van der Waals surface area (Å²) < 4.78 is 5.59. The third-order valence-corrected chi connectivity index (χ3v) is 2.98. The Labute approximate surface area is 118 Å². The summed E-state index contributed by atoms with van der Waals surface area (Å²) in [5.74, 6) is 1.65. The summed E-state index contributed by atoms with van der Waals surface area (Å²) in [7, 11) is 3.88. The second-order valence-electron chi connectivity index (χ2n) is 5.23. The van der Waals surface area contributed by atoms with Gasteiger partial charge in [-0.05, 0) is 33.2 Å². The van der Waals surface area contributed by atoms with E-state index in [-0.39, 0.29) is 6.10 Å². The third kappa shape index (κ3) is 3.93. The molecule has 0 aliphatic carbocycles. The standard InChI is InChI=1S/C14H22N4O2/c1-10-4-5-13(20-10)14-11(7-16-17-14)6-15-8-12(19)9-18(2)3/h4-5,7,12,15,19H,6,8-9H2,1-3H3,(H,16,17). The highest BCUT2D eigenvalue weighted by atomic mass is 16.3. The van der Waals surface area contributed by atoms with E-state index in [1.165, 1.54) is 0 Å². The van der Waals surface area contributed by atoms with Crippen LogP contribution >= 0.6 is 0 Å². The van der Waals surface area contributed by atoms with Gasteiger partial charge >= 0.3 is 0 Å². The number of aliphatic hydroxyl groups excluding tert-OH is 1. The van der Waals surface area contributed by atoms with Crippen LogP contribution in [0.4, 0.5) is 0 Å². The summed E-state index contributed by atoms with van der Waals surface area (Å²) in [5, 5.41) is 20.0. The molecule has 0 aromatic carbocycles. The first kappa shape index (κ1) is 14.8. The predicted octanol–water partition coefficient (Wildman–Crippen LogP) is 0.990. The van der Waals surface area contributed by atoms with Crippen molar-refractivity contribution in [1.29, 1.82) is 0 Å². The Morgan fingerprint density at radius 1 is 1.45 bits per heavy atom. The van der Waals surface area contributed by atoms with Gasteiger partial charge in [0.2, 0.25) is 0 Å². The van der Waals surface area contributed by atoms with Gasteiger partial charge in [-0.3, -0.25) is 5.10 Å². The molecule has 0 spiro atoms. The number of nitrogens with one attached hydrogen (secondary N) is 2. The smallest absolute Gasteiger partial charge is 0.152 e. The number of aliphatic hydroxyl groups is 1. The van der Waals surface area contributed by atoms with Gasteiger partial charge in [0.1, 0.15) is 11.5 Å². The van der Waals surface area contributed by atoms with Gasteiger partial charge in [-0.25, -0.2) is 0 Å². The SMILES string of the molecule is Cc1ccc(-c2[nH]ncc2CNCC(O)CN(C)C)o1. The molecule has 0 aliphatic heterocycles. The van der Waals surface area contributed by atoms with E-state index in [2.05, 4.69) is 15.5 Å². The third-order valence-electron chi connectivity index (χ3n) is 2.98. The van der Waals surface area contributed by atoms with E-state index in [0.717, 1.165) is 22.8 Å². The quantitative estimate of drug-likeness (QED) is 0.704. The molecule has 1 atom stereocenters. The summed E-state index contributed by atoms with van der Waals surface area (Å²) in [4.78, 5) is 1.96. The van der Waals surface area contributed by atoms with Crippen molar-refractivity contribution in [3.8, 4) is 11.5 Å². The highest BCUT2D eigenvalue weighted by Gasteiger charge is 2.11. The van der Waals surface area contributed by atoms with Gasteiger partial charge in [0.15, 0.2) is 5.76 Å². The van der Waals surface area contributed by atoms with Crippen LogP contribution in [-0.2, 0) is 6.54 Å². The minimum atomic E-state index is -0.383. The molecule has 0 saturated heterocycles. The maximum atomic E-state index is 9.79. The Morgan fingerprint density at radius 2 is 2.25 bits per heavy atom. The van der Waals surface area contributed by atoms with E-state index >= 15 is 0 Å². The molecule has 6 heteroatoms. The van der Waals surface area contributed by atoms with Gasteiger partial charge in [-0.15, -0.1) is 0 Å². The van der Waals surface area contributed by atoms with Crippen molar-refractivity contribution in [1.82, 2.24) is 20.4 Å². The number of aryl methyl sites for hydroxylation is 1. The molecule has 2 aromatic rings. The number of furan rings is 1. The lowest BCUT2D eigenvalue weighted by atomic mass is 10.2. The first-order chi connectivity index (χ1) is 9.56. The number of aromatic amines is 1. The van der Waals surface area contributed by atoms with Crippen LogP contribution in [0, 0.1) is 6.92 Å². The van der Waals surface area contributed by atoms with Crippen molar-refractivity contribution in [2.75, 3.05) is 27.2 Å².